The number of benzene rings is 1. The van der Waals surface area contributed by atoms with Gasteiger partial charge in [0.25, 0.3) is 5.91 Å². The largest absolute Gasteiger partial charge is 0.382 e. The van der Waals surface area contributed by atoms with Gasteiger partial charge in [-0.25, -0.2) is 14.4 Å². The van der Waals surface area contributed by atoms with Gasteiger partial charge in [0.05, 0.1) is 0 Å². The lowest BCUT2D eigenvalue weighted by atomic mass is 10.2. The summed E-state index contributed by atoms with van der Waals surface area (Å²) in [5.74, 6) is -0.779. The third kappa shape index (κ3) is 3.67. The average Bonchev–Trinajstić information content (AvgIpc) is 2.50. The van der Waals surface area contributed by atoms with Gasteiger partial charge in [-0.15, -0.1) is 6.58 Å². The Labute approximate surface area is 135 Å². The van der Waals surface area contributed by atoms with Crippen molar-refractivity contribution in [3.8, 4) is 0 Å². The molecule has 1 aromatic heterocycles. The Morgan fingerprint density at radius 3 is 2.82 bits per heavy atom. The van der Waals surface area contributed by atoms with E-state index in [1.807, 2.05) is 0 Å². The molecule has 1 heterocycles. The molecule has 5 nitrogen and oxygen atoms in total. The Balaban J connectivity index is 2.30. The van der Waals surface area contributed by atoms with Crippen LogP contribution < -0.4 is 5.73 Å². The zero-order valence-corrected chi connectivity index (χ0v) is 13.3. The molecule has 2 aromatic rings. The van der Waals surface area contributed by atoms with E-state index in [4.69, 9.17) is 5.73 Å². The first kappa shape index (κ1) is 16.1. The first-order valence-corrected chi connectivity index (χ1v) is 7.22. The van der Waals surface area contributed by atoms with Crippen LogP contribution in [0.15, 0.2) is 47.7 Å². The normalized spacial score (nSPS) is 10.3. The molecule has 0 aliphatic rings. The van der Waals surface area contributed by atoms with Crippen LogP contribution in [0.2, 0.25) is 0 Å². The number of hydrogen-bond acceptors (Lipinski definition) is 4. The first-order valence-electron chi connectivity index (χ1n) is 6.43. The summed E-state index contributed by atoms with van der Waals surface area (Å²) in [7, 11) is 0. The minimum atomic E-state index is -0.426. The van der Waals surface area contributed by atoms with Crippen LogP contribution in [0.1, 0.15) is 16.1 Å². The summed E-state index contributed by atoms with van der Waals surface area (Å²) >= 11 is 3.29. The molecule has 0 saturated carbocycles. The molecule has 0 radical (unpaired) electrons. The molecule has 2 N–H and O–H groups in total. The molecule has 7 heteroatoms. The molecule has 114 valence electrons. The predicted octanol–water partition coefficient (Wildman–Crippen LogP) is 2.79. The third-order valence-corrected chi connectivity index (χ3v) is 3.43. The van der Waals surface area contributed by atoms with Gasteiger partial charge in [0, 0.05) is 35.5 Å². The Kier molecular flexibility index (Phi) is 5.21. The van der Waals surface area contributed by atoms with Gasteiger partial charge in [0.15, 0.2) is 11.5 Å². The number of rotatable bonds is 5. The second kappa shape index (κ2) is 7.13. The van der Waals surface area contributed by atoms with Gasteiger partial charge in [0.2, 0.25) is 0 Å². The summed E-state index contributed by atoms with van der Waals surface area (Å²) in [5.41, 5.74) is 6.10. The van der Waals surface area contributed by atoms with Crippen LogP contribution in [-0.4, -0.2) is 27.3 Å². The SMILES string of the molecule is C=CCN(Cc1cc(Br)ccc1F)C(=O)c1nccnc1N. The molecule has 0 aliphatic heterocycles. The molecular formula is C15H14BrFN4O. The quantitative estimate of drug-likeness (QED) is 0.828. The summed E-state index contributed by atoms with van der Waals surface area (Å²) in [5, 5.41) is 0. The Bertz CT molecular complexity index is 708. The number of nitrogen functional groups attached to an aromatic ring is 1. The fraction of sp³-hybridized carbons (Fsp3) is 0.133. The molecule has 0 unspecified atom stereocenters. The van der Waals surface area contributed by atoms with Crippen molar-refractivity contribution in [2.75, 3.05) is 12.3 Å². The van der Waals surface area contributed by atoms with Gasteiger partial charge in [0.1, 0.15) is 5.82 Å². The van der Waals surface area contributed by atoms with Crippen LogP contribution >= 0.6 is 15.9 Å². The number of carbonyl (C=O) groups is 1. The number of nitrogens with zero attached hydrogens (tertiary/aromatic N) is 3. The zero-order chi connectivity index (χ0) is 16.1. The Hall–Kier alpha value is -2.28. The lowest BCUT2D eigenvalue weighted by Crippen LogP contribution is -2.32. The minimum absolute atomic E-state index is 0.0382. The van der Waals surface area contributed by atoms with Crippen LogP contribution in [0.3, 0.4) is 0 Å². The smallest absolute Gasteiger partial charge is 0.276 e. The number of halogens is 2. The van der Waals surface area contributed by atoms with Crippen molar-refractivity contribution in [2.24, 2.45) is 0 Å². The molecule has 1 aromatic carbocycles. The molecular weight excluding hydrogens is 351 g/mol. The molecule has 1 amide bonds. The molecule has 0 spiro atoms. The van der Waals surface area contributed by atoms with Crippen LogP contribution in [-0.2, 0) is 6.54 Å². The van der Waals surface area contributed by atoms with E-state index in [2.05, 4.69) is 32.5 Å². The zero-order valence-electron chi connectivity index (χ0n) is 11.7. The second-order valence-corrected chi connectivity index (χ2v) is 5.42. The van der Waals surface area contributed by atoms with E-state index in [1.54, 1.807) is 18.2 Å². The van der Waals surface area contributed by atoms with Crippen molar-refractivity contribution >= 4 is 27.7 Å². The van der Waals surface area contributed by atoms with Crippen molar-refractivity contribution in [2.45, 2.75) is 6.54 Å². The fourth-order valence-electron chi connectivity index (χ4n) is 1.91. The summed E-state index contributed by atoms with van der Waals surface area (Å²) in [4.78, 5) is 21.7. The number of nitrogens with two attached hydrogens (primary N) is 1. The molecule has 0 fully saturated rings. The molecule has 0 atom stereocenters. The third-order valence-electron chi connectivity index (χ3n) is 2.93. The van der Waals surface area contributed by atoms with E-state index in [0.29, 0.717) is 5.56 Å². The van der Waals surface area contributed by atoms with Crippen molar-refractivity contribution in [3.63, 3.8) is 0 Å². The standard InChI is InChI=1S/C15H14BrFN4O/c1-2-7-21(9-10-8-11(16)3-4-12(10)17)15(22)13-14(18)20-6-5-19-13/h2-6,8H,1,7,9H2,(H2,18,20). The lowest BCUT2D eigenvalue weighted by molar-refractivity contribution is 0.0756. The van der Waals surface area contributed by atoms with Crippen molar-refractivity contribution < 1.29 is 9.18 Å². The van der Waals surface area contributed by atoms with E-state index in [1.165, 1.54) is 23.4 Å². The highest BCUT2D eigenvalue weighted by molar-refractivity contribution is 9.10. The monoisotopic (exact) mass is 364 g/mol. The van der Waals surface area contributed by atoms with Gasteiger partial charge < -0.3 is 10.6 Å². The van der Waals surface area contributed by atoms with Crippen LogP contribution in [0.5, 0.6) is 0 Å². The van der Waals surface area contributed by atoms with Crippen molar-refractivity contribution in [1.82, 2.24) is 14.9 Å². The number of anilines is 1. The van der Waals surface area contributed by atoms with E-state index in [9.17, 15) is 9.18 Å². The van der Waals surface area contributed by atoms with Crippen LogP contribution in [0.25, 0.3) is 0 Å². The van der Waals surface area contributed by atoms with E-state index in [-0.39, 0.29) is 24.6 Å². The van der Waals surface area contributed by atoms with E-state index >= 15 is 0 Å². The summed E-state index contributed by atoms with van der Waals surface area (Å²) in [6.45, 7) is 3.93. The van der Waals surface area contributed by atoms with Gasteiger partial charge in [-0.1, -0.05) is 22.0 Å². The Morgan fingerprint density at radius 1 is 1.41 bits per heavy atom. The van der Waals surface area contributed by atoms with Gasteiger partial charge in [-0.2, -0.15) is 0 Å². The highest BCUT2D eigenvalue weighted by Crippen LogP contribution is 2.18. The molecule has 2 rings (SSSR count). The fourth-order valence-corrected chi connectivity index (χ4v) is 2.32. The molecule has 0 bridgehead atoms. The minimum Gasteiger partial charge on any atom is -0.382 e. The summed E-state index contributed by atoms with van der Waals surface area (Å²) < 4.78 is 14.6. The topological polar surface area (TPSA) is 72.1 Å². The van der Waals surface area contributed by atoms with Gasteiger partial charge >= 0.3 is 0 Å². The van der Waals surface area contributed by atoms with E-state index < -0.39 is 11.7 Å². The van der Waals surface area contributed by atoms with Crippen LogP contribution in [0, 0.1) is 5.82 Å². The van der Waals surface area contributed by atoms with Gasteiger partial charge in [-0.05, 0) is 18.2 Å². The van der Waals surface area contributed by atoms with Crippen molar-refractivity contribution in [3.05, 3.63) is 64.8 Å². The molecule has 0 aliphatic carbocycles. The molecule has 0 saturated heterocycles. The summed E-state index contributed by atoms with van der Waals surface area (Å²) in [6, 6.07) is 4.56. The van der Waals surface area contributed by atoms with Crippen molar-refractivity contribution in [1.29, 1.82) is 0 Å². The Morgan fingerprint density at radius 2 is 2.14 bits per heavy atom. The summed E-state index contributed by atoms with van der Waals surface area (Å²) in [6.07, 6.45) is 4.34. The number of amides is 1. The first-order chi connectivity index (χ1) is 10.5. The number of aromatic nitrogens is 2. The number of hydrogen-bond donors (Lipinski definition) is 1. The number of carbonyl (C=O) groups excluding carboxylic acids is 1. The predicted molar refractivity (Wildman–Crippen MR) is 85.5 cm³/mol. The highest BCUT2D eigenvalue weighted by atomic mass is 79.9. The highest BCUT2D eigenvalue weighted by Gasteiger charge is 2.20. The van der Waals surface area contributed by atoms with E-state index in [0.717, 1.165) is 4.47 Å². The maximum absolute atomic E-state index is 13.9. The van der Waals surface area contributed by atoms with Crippen LogP contribution in [0.4, 0.5) is 10.2 Å². The maximum atomic E-state index is 13.9. The molecule has 22 heavy (non-hydrogen) atoms. The van der Waals surface area contributed by atoms with Gasteiger partial charge in [-0.3, -0.25) is 4.79 Å². The second-order valence-electron chi connectivity index (χ2n) is 4.50. The maximum Gasteiger partial charge on any atom is 0.276 e. The average molecular weight is 365 g/mol. The lowest BCUT2D eigenvalue weighted by Gasteiger charge is -2.21.